The van der Waals surface area contributed by atoms with Gasteiger partial charge in [-0.3, -0.25) is 24.5 Å². The largest absolute Gasteiger partial charge is 0.329 e. The van der Waals surface area contributed by atoms with Crippen LogP contribution in [-0.4, -0.2) is 53.4 Å². The normalized spacial score (nSPS) is 16.4. The van der Waals surface area contributed by atoms with Crippen molar-refractivity contribution in [1.82, 2.24) is 35.1 Å². The fourth-order valence-electron chi connectivity index (χ4n) is 4.30. The molecule has 1 fully saturated rings. The minimum Gasteiger partial charge on any atom is -0.329 e. The number of aromatic nitrogens is 6. The fraction of sp³-hybridized carbons (Fsp3) is 0.318. The number of hydrogen-bond donors (Lipinski definition) is 3. The van der Waals surface area contributed by atoms with E-state index in [0.717, 1.165) is 41.4 Å². The van der Waals surface area contributed by atoms with Crippen molar-refractivity contribution in [2.75, 3.05) is 11.9 Å². The van der Waals surface area contributed by atoms with Crippen LogP contribution in [0.25, 0.3) is 10.9 Å². The van der Waals surface area contributed by atoms with Gasteiger partial charge >= 0.3 is 0 Å². The van der Waals surface area contributed by atoms with Crippen LogP contribution >= 0.6 is 0 Å². The summed E-state index contributed by atoms with van der Waals surface area (Å²) in [4.78, 5) is 27.7. The molecule has 1 unspecified atom stereocenters. The molecule has 32 heavy (non-hydrogen) atoms. The molecule has 1 aliphatic heterocycles. The summed E-state index contributed by atoms with van der Waals surface area (Å²) in [6, 6.07) is 7.00. The van der Waals surface area contributed by atoms with Gasteiger partial charge in [0.25, 0.3) is 11.8 Å². The number of likely N-dealkylation sites (tertiary alicyclic amines) is 1. The third kappa shape index (κ3) is 3.64. The third-order valence-electron chi connectivity index (χ3n) is 5.90. The highest BCUT2D eigenvalue weighted by molar-refractivity contribution is 6.06. The zero-order valence-electron chi connectivity index (χ0n) is 17.9. The molecule has 4 heterocycles. The molecule has 0 radical (unpaired) electrons. The maximum Gasteiger partial charge on any atom is 0.274 e. The molecule has 1 saturated heterocycles. The highest BCUT2D eigenvalue weighted by Crippen LogP contribution is 2.32. The van der Waals surface area contributed by atoms with E-state index in [9.17, 15) is 9.59 Å². The predicted molar refractivity (Wildman–Crippen MR) is 118 cm³/mol. The molecule has 164 valence electrons. The summed E-state index contributed by atoms with van der Waals surface area (Å²) in [7, 11) is 1.79. The van der Waals surface area contributed by atoms with E-state index in [1.165, 1.54) is 0 Å². The molecule has 0 bridgehead atoms. The number of carbonyl (C=O) groups excluding carboxylic acids is 2. The van der Waals surface area contributed by atoms with Crippen LogP contribution in [0.3, 0.4) is 0 Å². The van der Waals surface area contributed by atoms with E-state index in [-0.39, 0.29) is 17.9 Å². The fourth-order valence-corrected chi connectivity index (χ4v) is 4.30. The number of rotatable bonds is 4. The zero-order valence-corrected chi connectivity index (χ0v) is 17.9. The number of piperidine rings is 1. The Labute approximate surface area is 184 Å². The molecule has 1 atom stereocenters. The molecule has 1 aliphatic rings. The van der Waals surface area contributed by atoms with E-state index in [1.807, 2.05) is 17.9 Å². The molecule has 10 heteroatoms. The number of benzene rings is 1. The second kappa shape index (κ2) is 7.95. The lowest BCUT2D eigenvalue weighted by atomic mass is 9.99. The van der Waals surface area contributed by atoms with Crippen LogP contribution in [0.1, 0.15) is 57.4 Å². The number of fused-ring (bicyclic) bond motifs is 1. The Morgan fingerprint density at radius 3 is 2.88 bits per heavy atom. The molecule has 10 nitrogen and oxygen atoms in total. The Morgan fingerprint density at radius 1 is 1.19 bits per heavy atom. The summed E-state index contributed by atoms with van der Waals surface area (Å²) >= 11 is 0. The number of nitrogens with zero attached hydrogens (tertiary/aromatic N) is 5. The van der Waals surface area contributed by atoms with Crippen LogP contribution in [0.15, 0.2) is 36.7 Å². The zero-order chi connectivity index (χ0) is 22.2. The smallest absolute Gasteiger partial charge is 0.274 e. The van der Waals surface area contributed by atoms with Gasteiger partial charge in [-0.1, -0.05) is 0 Å². The summed E-state index contributed by atoms with van der Waals surface area (Å²) < 4.78 is 1.62. The number of nitrogens with one attached hydrogen (secondary N) is 3. The first-order chi connectivity index (χ1) is 15.5. The van der Waals surface area contributed by atoms with Gasteiger partial charge in [0, 0.05) is 36.8 Å². The van der Waals surface area contributed by atoms with E-state index in [1.54, 1.807) is 42.3 Å². The van der Waals surface area contributed by atoms with Gasteiger partial charge in [-0.05, 0) is 49.9 Å². The SMILES string of the molecule is Cc1cc(C(=O)Nc2cc(C3CCCCN3C(=O)c3ccn(C)n3)[nH]n2)cc2cn[nH]c12. The topological polar surface area (TPSA) is 125 Å². The van der Waals surface area contributed by atoms with Crippen molar-refractivity contribution in [3.8, 4) is 0 Å². The van der Waals surface area contributed by atoms with Crippen molar-refractivity contribution < 1.29 is 9.59 Å². The number of aryl methyl sites for hydroxylation is 2. The summed E-state index contributed by atoms with van der Waals surface area (Å²) in [6.07, 6.45) is 6.25. The Morgan fingerprint density at radius 2 is 2.06 bits per heavy atom. The molecule has 0 saturated carbocycles. The maximum atomic E-state index is 13.0. The van der Waals surface area contributed by atoms with Crippen LogP contribution in [0.4, 0.5) is 5.82 Å². The van der Waals surface area contributed by atoms with Gasteiger partial charge in [-0.2, -0.15) is 15.3 Å². The number of aromatic amines is 2. The molecule has 5 rings (SSSR count). The lowest BCUT2D eigenvalue weighted by molar-refractivity contribution is 0.0599. The molecule has 1 aromatic carbocycles. The molecular weight excluding hydrogens is 408 g/mol. The van der Waals surface area contributed by atoms with Gasteiger partial charge in [-0.15, -0.1) is 0 Å². The van der Waals surface area contributed by atoms with E-state index < -0.39 is 0 Å². The van der Waals surface area contributed by atoms with E-state index >= 15 is 0 Å². The Balaban J connectivity index is 1.34. The van der Waals surface area contributed by atoms with Crippen molar-refractivity contribution in [1.29, 1.82) is 0 Å². The van der Waals surface area contributed by atoms with Gasteiger partial charge in [0.15, 0.2) is 5.82 Å². The summed E-state index contributed by atoms with van der Waals surface area (Å²) in [6.45, 7) is 2.59. The van der Waals surface area contributed by atoms with Crippen LogP contribution in [0.5, 0.6) is 0 Å². The lowest BCUT2D eigenvalue weighted by Crippen LogP contribution is -2.39. The van der Waals surface area contributed by atoms with Crippen molar-refractivity contribution in [3.63, 3.8) is 0 Å². The van der Waals surface area contributed by atoms with Gasteiger partial charge in [-0.25, -0.2) is 0 Å². The van der Waals surface area contributed by atoms with Gasteiger partial charge < -0.3 is 10.2 Å². The average Bonchev–Trinajstić information content (AvgIpc) is 3.54. The molecule has 2 amide bonds. The minimum atomic E-state index is -0.251. The summed E-state index contributed by atoms with van der Waals surface area (Å²) in [5, 5.41) is 22.2. The molecule has 3 aromatic heterocycles. The van der Waals surface area contributed by atoms with Crippen LogP contribution < -0.4 is 5.32 Å². The van der Waals surface area contributed by atoms with Crippen LogP contribution in [-0.2, 0) is 7.05 Å². The molecule has 4 aromatic rings. The van der Waals surface area contributed by atoms with Gasteiger partial charge in [0.2, 0.25) is 0 Å². The van der Waals surface area contributed by atoms with Crippen LogP contribution in [0.2, 0.25) is 0 Å². The monoisotopic (exact) mass is 432 g/mol. The number of H-pyrrole nitrogens is 2. The minimum absolute atomic E-state index is 0.0978. The number of anilines is 1. The molecular formula is C22H24N8O2. The number of carbonyl (C=O) groups is 2. The molecule has 0 aliphatic carbocycles. The van der Waals surface area contributed by atoms with E-state index in [0.29, 0.717) is 23.6 Å². The van der Waals surface area contributed by atoms with Gasteiger partial charge in [0.1, 0.15) is 5.69 Å². The highest BCUT2D eigenvalue weighted by Gasteiger charge is 2.31. The quantitative estimate of drug-likeness (QED) is 0.457. The second-order valence-corrected chi connectivity index (χ2v) is 8.17. The Bertz CT molecular complexity index is 1300. The predicted octanol–water partition coefficient (Wildman–Crippen LogP) is 2.95. The Kier molecular flexibility index (Phi) is 4.96. The van der Waals surface area contributed by atoms with E-state index in [4.69, 9.17) is 0 Å². The van der Waals surface area contributed by atoms with Gasteiger partial charge in [0.05, 0.1) is 23.4 Å². The van der Waals surface area contributed by atoms with Crippen LogP contribution in [0, 0.1) is 6.92 Å². The van der Waals surface area contributed by atoms with Crippen molar-refractivity contribution in [2.24, 2.45) is 7.05 Å². The highest BCUT2D eigenvalue weighted by atomic mass is 16.2. The van der Waals surface area contributed by atoms with Crippen molar-refractivity contribution in [2.45, 2.75) is 32.2 Å². The first-order valence-electron chi connectivity index (χ1n) is 10.6. The second-order valence-electron chi connectivity index (χ2n) is 8.17. The summed E-state index contributed by atoms with van der Waals surface area (Å²) in [5.74, 6) is 0.0736. The first-order valence-corrected chi connectivity index (χ1v) is 10.6. The maximum absolute atomic E-state index is 13.0. The Hall–Kier alpha value is -3.95. The number of amides is 2. The summed E-state index contributed by atoms with van der Waals surface area (Å²) in [5.41, 5.74) is 3.62. The average molecular weight is 432 g/mol. The molecule has 3 N–H and O–H groups in total. The molecule has 0 spiro atoms. The number of hydrogen-bond acceptors (Lipinski definition) is 5. The van der Waals surface area contributed by atoms with Crippen molar-refractivity contribution >= 4 is 28.5 Å². The standard InChI is InChI=1S/C22H24N8O2/c1-13-9-14(10-15-12-23-27-20(13)15)21(31)24-19-11-17(25-26-19)18-5-3-4-7-30(18)22(32)16-6-8-29(2)28-16/h6,8-12,18H,3-5,7H2,1-2H3,(H,23,27)(H2,24,25,26,31). The van der Waals surface area contributed by atoms with Crippen molar-refractivity contribution in [3.05, 3.63) is 59.2 Å². The first kappa shape index (κ1) is 20.0. The lowest BCUT2D eigenvalue weighted by Gasteiger charge is -2.34. The third-order valence-corrected chi connectivity index (χ3v) is 5.90. The van der Waals surface area contributed by atoms with E-state index in [2.05, 4.69) is 30.8 Å².